The second kappa shape index (κ2) is 13.0. The number of aliphatic imine (C=N–C) groups is 1. The fraction of sp³-hybridized carbons (Fsp3) is 0.481. The van der Waals surface area contributed by atoms with Crippen molar-refractivity contribution in [2.24, 2.45) is 4.99 Å². The Morgan fingerprint density at radius 2 is 1.91 bits per heavy atom. The first-order valence-electron chi connectivity index (χ1n) is 12.2. The number of likely N-dealkylation sites (tertiary alicyclic amines) is 1. The van der Waals surface area contributed by atoms with E-state index in [1.54, 1.807) is 7.05 Å². The third-order valence-electron chi connectivity index (χ3n) is 6.31. The molecule has 178 valence electrons. The number of rotatable bonds is 9. The molecule has 1 fully saturated rings. The van der Waals surface area contributed by atoms with Crippen molar-refractivity contribution in [3.63, 3.8) is 0 Å². The molecule has 3 N–H and O–H groups in total. The van der Waals surface area contributed by atoms with E-state index in [0.29, 0.717) is 18.2 Å². The van der Waals surface area contributed by atoms with Gasteiger partial charge in [-0.05, 0) is 68.5 Å². The van der Waals surface area contributed by atoms with E-state index >= 15 is 0 Å². The zero-order chi connectivity index (χ0) is 23.5. The van der Waals surface area contributed by atoms with Gasteiger partial charge in [-0.1, -0.05) is 42.8 Å². The topological polar surface area (TPSA) is 68.8 Å². The van der Waals surface area contributed by atoms with Gasteiger partial charge >= 0.3 is 0 Å². The van der Waals surface area contributed by atoms with Crippen LogP contribution in [0.3, 0.4) is 0 Å². The Morgan fingerprint density at radius 3 is 2.67 bits per heavy atom. The molecule has 0 radical (unpaired) electrons. The Balaban J connectivity index is 1.59. The second-order valence-corrected chi connectivity index (χ2v) is 8.74. The van der Waals surface area contributed by atoms with Crippen LogP contribution in [0.15, 0.2) is 53.5 Å². The summed E-state index contributed by atoms with van der Waals surface area (Å²) < 4.78 is 0. The largest absolute Gasteiger partial charge is 0.357 e. The molecular weight excluding hydrogens is 410 g/mol. The number of guanidine groups is 1. The van der Waals surface area contributed by atoms with Gasteiger partial charge in [0, 0.05) is 38.3 Å². The number of nitrogens with zero attached hydrogens (tertiary/aromatic N) is 2. The lowest BCUT2D eigenvalue weighted by Crippen LogP contribution is -2.38. The molecule has 0 bridgehead atoms. The van der Waals surface area contributed by atoms with E-state index < -0.39 is 0 Å². The maximum Gasteiger partial charge on any atom is 0.251 e. The molecule has 1 heterocycles. The molecule has 33 heavy (non-hydrogen) atoms. The van der Waals surface area contributed by atoms with E-state index in [9.17, 15) is 4.79 Å². The van der Waals surface area contributed by atoms with Crippen LogP contribution < -0.4 is 16.0 Å². The maximum absolute atomic E-state index is 11.9. The lowest BCUT2D eigenvalue weighted by Gasteiger charge is -2.33. The summed E-state index contributed by atoms with van der Waals surface area (Å²) in [7, 11) is 1.65. The van der Waals surface area contributed by atoms with Gasteiger partial charge in [0.2, 0.25) is 0 Å². The Morgan fingerprint density at radius 1 is 1.09 bits per heavy atom. The van der Waals surface area contributed by atoms with Crippen LogP contribution in [0.25, 0.3) is 0 Å². The number of piperidine rings is 1. The predicted octanol–water partition coefficient (Wildman–Crippen LogP) is 3.72. The molecule has 6 nitrogen and oxygen atoms in total. The number of hydrogen-bond donors (Lipinski definition) is 3. The standard InChI is InChI=1S/C27H39N5O/c1-4-29-27(30-16-15-22-11-9-14-23(18-22)26(33)28-3)31-19-24-12-5-6-13-25(24)20-32-17-8-7-10-21(32)2/h5-6,9,11-14,18,21H,4,7-8,10,15-17,19-20H2,1-3H3,(H,28,33)(H2,29,30,31). The highest BCUT2D eigenvalue weighted by Crippen LogP contribution is 2.21. The summed E-state index contributed by atoms with van der Waals surface area (Å²) in [4.78, 5) is 19.3. The third-order valence-corrected chi connectivity index (χ3v) is 6.31. The van der Waals surface area contributed by atoms with Gasteiger partial charge in [-0.2, -0.15) is 0 Å². The average Bonchev–Trinajstić information content (AvgIpc) is 2.84. The number of amides is 1. The van der Waals surface area contributed by atoms with Crippen LogP contribution in [0.1, 0.15) is 60.2 Å². The Labute approximate surface area is 198 Å². The lowest BCUT2D eigenvalue weighted by molar-refractivity contribution is 0.0963. The highest BCUT2D eigenvalue weighted by atomic mass is 16.1. The molecule has 0 spiro atoms. The van der Waals surface area contributed by atoms with Crippen molar-refractivity contribution in [1.82, 2.24) is 20.9 Å². The summed E-state index contributed by atoms with van der Waals surface area (Å²) in [6.45, 7) is 8.82. The Kier molecular flexibility index (Phi) is 9.76. The molecule has 2 aromatic carbocycles. The van der Waals surface area contributed by atoms with E-state index in [1.165, 1.54) is 36.9 Å². The molecule has 1 aliphatic rings. The summed E-state index contributed by atoms with van der Waals surface area (Å²) in [5, 5.41) is 9.47. The number of carbonyl (C=O) groups is 1. The van der Waals surface area contributed by atoms with Crippen molar-refractivity contribution < 1.29 is 4.79 Å². The minimum atomic E-state index is -0.0580. The van der Waals surface area contributed by atoms with Crippen molar-refractivity contribution >= 4 is 11.9 Å². The van der Waals surface area contributed by atoms with Crippen molar-refractivity contribution in [2.45, 2.75) is 58.7 Å². The van der Waals surface area contributed by atoms with Crippen molar-refractivity contribution in [2.75, 3.05) is 26.7 Å². The van der Waals surface area contributed by atoms with Crippen LogP contribution in [0.2, 0.25) is 0 Å². The van der Waals surface area contributed by atoms with Crippen LogP contribution >= 0.6 is 0 Å². The highest BCUT2D eigenvalue weighted by molar-refractivity contribution is 5.94. The quantitative estimate of drug-likeness (QED) is 0.403. The van der Waals surface area contributed by atoms with Crippen LogP contribution in [0.4, 0.5) is 0 Å². The zero-order valence-electron chi connectivity index (χ0n) is 20.4. The van der Waals surface area contributed by atoms with Crippen molar-refractivity contribution in [3.05, 3.63) is 70.8 Å². The van der Waals surface area contributed by atoms with Gasteiger partial charge in [0.05, 0.1) is 6.54 Å². The molecule has 0 aromatic heterocycles. The molecule has 1 aliphatic heterocycles. The molecule has 2 aromatic rings. The normalized spacial score (nSPS) is 16.9. The highest BCUT2D eigenvalue weighted by Gasteiger charge is 2.19. The fourth-order valence-electron chi connectivity index (χ4n) is 4.32. The first kappa shape index (κ1) is 24.8. The Hall–Kier alpha value is -2.86. The minimum absolute atomic E-state index is 0.0580. The van der Waals surface area contributed by atoms with Gasteiger partial charge < -0.3 is 16.0 Å². The van der Waals surface area contributed by atoms with Crippen LogP contribution in [-0.4, -0.2) is 49.5 Å². The molecule has 0 aliphatic carbocycles. The van der Waals surface area contributed by atoms with Crippen LogP contribution in [0.5, 0.6) is 0 Å². The number of benzene rings is 2. The monoisotopic (exact) mass is 449 g/mol. The van der Waals surface area contributed by atoms with E-state index in [2.05, 4.69) is 65.0 Å². The number of carbonyl (C=O) groups excluding carboxylic acids is 1. The Bertz CT molecular complexity index is 926. The molecule has 1 unspecified atom stereocenters. The van der Waals surface area contributed by atoms with Gasteiger partial charge in [0.15, 0.2) is 5.96 Å². The minimum Gasteiger partial charge on any atom is -0.357 e. The van der Waals surface area contributed by atoms with Gasteiger partial charge in [0.1, 0.15) is 0 Å². The van der Waals surface area contributed by atoms with Crippen LogP contribution in [0, 0.1) is 0 Å². The van der Waals surface area contributed by atoms with Crippen LogP contribution in [-0.2, 0) is 19.5 Å². The van der Waals surface area contributed by atoms with Crippen molar-refractivity contribution in [3.8, 4) is 0 Å². The third kappa shape index (κ3) is 7.60. The smallest absolute Gasteiger partial charge is 0.251 e. The molecule has 1 saturated heterocycles. The lowest BCUT2D eigenvalue weighted by atomic mass is 10.0. The van der Waals surface area contributed by atoms with E-state index in [-0.39, 0.29) is 5.91 Å². The first-order chi connectivity index (χ1) is 16.1. The summed E-state index contributed by atoms with van der Waals surface area (Å²) in [5.74, 6) is 0.762. The molecule has 1 amide bonds. The zero-order valence-corrected chi connectivity index (χ0v) is 20.4. The average molecular weight is 450 g/mol. The second-order valence-electron chi connectivity index (χ2n) is 8.74. The summed E-state index contributed by atoms with van der Waals surface area (Å²) in [6.07, 6.45) is 4.75. The van der Waals surface area contributed by atoms with Gasteiger partial charge in [0.25, 0.3) is 5.91 Å². The fourth-order valence-corrected chi connectivity index (χ4v) is 4.32. The summed E-state index contributed by atoms with van der Waals surface area (Å²) in [5.41, 5.74) is 4.47. The number of nitrogens with one attached hydrogen (secondary N) is 3. The molecule has 3 rings (SSSR count). The van der Waals surface area contributed by atoms with Gasteiger partial charge in [-0.25, -0.2) is 4.99 Å². The molecule has 6 heteroatoms. The maximum atomic E-state index is 11.9. The molecule has 0 saturated carbocycles. The SMILES string of the molecule is CCNC(=NCc1ccccc1CN1CCCCC1C)NCCc1cccc(C(=O)NC)c1. The molecule has 1 atom stereocenters. The number of hydrogen-bond acceptors (Lipinski definition) is 3. The predicted molar refractivity (Wildman–Crippen MR) is 137 cm³/mol. The summed E-state index contributed by atoms with van der Waals surface area (Å²) >= 11 is 0. The summed E-state index contributed by atoms with van der Waals surface area (Å²) in [6, 6.07) is 17.1. The van der Waals surface area contributed by atoms with E-state index in [0.717, 1.165) is 37.6 Å². The van der Waals surface area contributed by atoms with E-state index in [4.69, 9.17) is 4.99 Å². The van der Waals surface area contributed by atoms with Crippen molar-refractivity contribution in [1.29, 1.82) is 0 Å². The van der Waals surface area contributed by atoms with Gasteiger partial charge in [-0.3, -0.25) is 9.69 Å². The molecular formula is C27H39N5O. The van der Waals surface area contributed by atoms with Gasteiger partial charge in [-0.15, -0.1) is 0 Å². The first-order valence-corrected chi connectivity index (χ1v) is 12.2. The van der Waals surface area contributed by atoms with E-state index in [1.807, 2.05) is 18.2 Å².